The van der Waals surface area contributed by atoms with Crippen LogP contribution in [0.1, 0.15) is 0 Å². The average molecular weight is 219 g/mol. The Hall–Kier alpha value is -1.55. The van der Waals surface area contributed by atoms with Crippen molar-refractivity contribution in [3.63, 3.8) is 0 Å². The van der Waals surface area contributed by atoms with Gasteiger partial charge in [-0.1, -0.05) is 6.07 Å². The summed E-state index contributed by atoms with van der Waals surface area (Å²) in [7, 11) is 2.14. The molecular formula is C12H17N3O. The lowest BCUT2D eigenvalue weighted by Crippen LogP contribution is -2.44. The predicted molar refractivity (Wildman–Crippen MR) is 65.8 cm³/mol. The molecule has 1 aromatic rings. The fraction of sp³-hybridized carbons (Fsp3) is 0.417. The molecule has 0 unspecified atom stereocenters. The average Bonchev–Trinajstić information content (AvgIpc) is 2.31. The standard InChI is InChI=1S/C12H17N3O/c1-14-5-7-15(8-6-14)12-4-2-3-11(9-12)13-10-16/h2-4,9-10H,5-8H2,1H3,(H,13,16). The quantitative estimate of drug-likeness (QED) is 0.771. The van der Waals surface area contributed by atoms with E-state index in [1.807, 2.05) is 18.2 Å². The highest BCUT2D eigenvalue weighted by Gasteiger charge is 2.14. The smallest absolute Gasteiger partial charge is 0.211 e. The molecule has 0 aliphatic carbocycles. The summed E-state index contributed by atoms with van der Waals surface area (Å²) in [5.74, 6) is 0. The van der Waals surface area contributed by atoms with Crippen molar-refractivity contribution < 1.29 is 4.79 Å². The molecule has 1 heterocycles. The first-order valence-corrected chi connectivity index (χ1v) is 5.53. The van der Waals surface area contributed by atoms with Gasteiger partial charge in [0.25, 0.3) is 0 Å². The molecule has 16 heavy (non-hydrogen) atoms. The summed E-state index contributed by atoms with van der Waals surface area (Å²) in [5.41, 5.74) is 2.03. The number of nitrogens with zero attached hydrogens (tertiary/aromatic N) is 2. The lowest BCUT2D eigenvalue weighted by Gasteiger charge is -2.34. The number of benzene rings is 1. The summed E-state index contributed by atoms with van der Waals surface area (Å²) < 4.78 is 0. The molecular weight excluding hydrogens is 202 g/mol. The molecule has 0 bridgehead atoms. The number of nitrogens with one attached hydrogen (secondary N) is 1. The van der Waals surface area contributed by atoms with Crippen LogP contribution in [0.4, 0.5) is 11.4 Å². The highest BCUT2D eigenvalue weighted by atomic mass is 16.1. The topological polar surface area (TPSA) is 35.6 Å². The largest absolute Gasteiger partial charge is 0.369 e. The summed E-state index contributed by atoms with van der Waals surface area (Å²) in [4.78, 5) is 15.0. The Balaban J connectivity index is 2.08. The zero-order valence-corrected chi connectivity index (χ0v) is 9.52. The Labute approximate surface area is 95.8 Å². The minimum atomic E-state index is 0.711. The Kier molecular flexibility index (Phi) is 3.41. The van der Waals surface area contributed by atoms with Gasteiger partial charge in [0, 0.05) is 37.6 Å². The molecule has 2 rings (SSSR count). The molecule has 1 fully saturated rings. The fourth-order valence-electron chi connectivity index (χ4n) is 1.93. The van der Waals surface area contributed by atoms with Gasteiger partial charge in [0.05, 0.1) is 0 Å². The van der Waals surface area contributed by atoms with Crippen molar-refractivity contribution in [2.24, 2.45) is 0 Å². The van der Waals surface area contributed by atoms with Crippen molar-refractivity contribution in [1.29, 1.82) is 0 Å². The van der Waals surface area contributed by atoms with E-state index < -0.39 is 0 Å². The van der Waals surface area contributed by atoms with Crippen LogP contribution in [-0.2, 0) is 4.79 Å². The molecule has 0 radical (unpaired) electrons. The van der Waals surface area contributed by atoms with Gasteiger partial charge in [-0.3, -0.25) is 4.79 Å². The summed E-state index contributed by atoms with van der Waals surface area (Å²) in [6, 6.07) is 7.97. The van der Waals surface area contributed by atoms with Gasteiger partial charge in [0.1, 0.15) is 0 Å². The maximum absolute atomic E-state index is 10.4. The molecule has 1 N–H and O–H groups in total. The van der Waals surface area contributed by atoms with Gasteiger partial charge in [0.15, 0.2) is 0 Å². The zero-order valence-electron chi connectivity index (χ0n) is 9.52. The van der Waals surface area contributed by atoms with Crippen LogP contribution in [0.15, 0.2) is 24.3 Å². The van der Waals surface area contributed by atoms with Crippen molar-refractivity contribution in [1.82, 2.24) is 4.90 Å². The molecule has 1 aromatic carbocycles. The van der Waals surface area contributed by atoms with Crippen LogP contribution in [-0.4, -0.2) is 44.5 Å². The summed E-state index contributed by atoms with van der Waals surface area (Å²) in [5, 5.41) is 2.68. The van der Waals surface area contributed by atoms with Crippen LogP contribution in [0.25, 0.3) is 0 Å². The van der Waals surface area contributed by atoms with Crippen LogP contribution in [0.2, 0.25) is 0 Å². The van der Waals surface area contributed by atoms with Crippen LogP contribution in [0, 0.1) is 0 Å². The maximum atomic E-state index is 10.4. The van der Waals surface area contributed by atoms with Crippen LogP contribution >= 0.6 is 0 Å². The molecule has 1 aliphatic heterocycles. The highest BCUT2D eigenvalue weighted by molar-refractivity contribution is 5.73. The molecule has 4 nitrogen and oxygen atoms in total. The highest BCUT2D eigenvalue weighted by Crippen LogP contribution is 2.20. The van der Waals surface area contributed by atoms with Crippen molar-refractivity contribution in [2.75, 3.05) is 43.4 Å². The van der Waals surface area contributed by atoms with Gasteiger partial charge in [-0.2, -0.15) is 0 Å². The summed E-state index contributed by atoms with van der Waals surface area (Å²) >= 11 is 0. The minimum absolute atomic E-state index is 0.711. The number of carbonyl (C=O) groups excluding carboxylic acids is 1. The normalized spacial score (nSPS) is 17.2. The van der Waals surface area contributed by atoms with E-state index in [-0.39, 0.29) is 0 Å². The second kappa shape index (κ2) is 4.99. The first-order chi connectivity index (χ1) is 7.79. The lowest BCUT2D eigenvalue weighted by atomic mass is 10.2. The molecule has 0 spiro atoms. The van der Waals surface area contributed by atoms with E-state index in [1.54, 1.807) is 0 Å². The first kappa shape index (κ1) is 11.0. The lowest BCUT2D eigenvalue weighted by molar-refractivity contribution is -0.105. The Bertz CT molecular complexity index is 359. The summed E-state index contributed by atoms with van der Waals surface area (Å²) in [6.07, 6.45) is 0.711. The second-order valence-corrected chi connectivity index (χ2v) is 4.10. The van der Waals surface area contributed by atoms with Crippen molar-refractivity contribution in [3.05, 3.63) is 24.3 Å². The van der Waals surface area contributed by atoms with Crippen LogP contribution in [0.3, 0.4) is 0 Å². The minimum Gasteiger partial charge on any atom is -0.369 e. The third-order valence-corrected chi connectivity index (χ3v) is 2.94. The van der Waals surface area contributed by atoms with Crippen molar-refractivity contribution in [3.8, 4) is 0 Å². The number of likely N-dealkylation sites (N-methyl/N-ethyl adjacent to an activating group) is 1. The maximum Gasteiger partial charge on any atom is 0.211 e. The number of hydrogen-bond acceptors (Lipinski definition) is 3. The van der Waals surface area contributed by atoms with E-state index in [0.29, 0.717) is 6.41 Å². The predicted octanol–water partition coefficient (Wildman–Crippen LogP) is 1.01. The number of hydrogen-bond donors (Lipinski definition) is 1. The number of anilines is 2. The van der Waals surface area contributed by atoms with E-state index in [9.17, 15) is 4.79 Å². The van der Waals surface area contributed by atoms with E-state index in [1.165, 1.54) is 5.69 Å². The molecule has 0 saturated carbocycles. The van der Waals surface area contributed by atoms with Gasteiger partial charge in [-0.15, -0.1) is 0 Å². The van der Waals surface area contributed by atoms with Crippen molar-refractivity contribution >= 4 is 17.8 Å². The van der Waals surface area contributed by atoms with Crippen LogP contribution < -0.4 is 10.2 Å². The number of amides is 1. The number of carbonyl (C=O) groups is 1. The van der Waals surface area contributed by atoms with E-state index in [4.69, 9.17) is 0 Å². The van der Waals surface area contributed by atoms with Crippen LogP contribution in [0.5, 0.6) is 0 Å². The summed E-state index contributed by atoms with van der Waals surface area (Å²) in [6.45, 7) is 4.26. The molecule has 1 aliphatic rings. The van der Waals surface area contributed by atoms with Gasteiger partial charge in [-0.05, 0) is 25.2 Å². The molecule has 86 valence electrons. The van der Waals surface area contributed by atoms with Gasteiger partial charge in [-0.25, -0.2) is 0 Å². The molecule has 0 atom stereocenters. The van der Waals surface area contributed by atoms with E-state index in [0.717, 1.165) is 31.9 Å². The Morgan fingerprint density at radius 1 is 1.25 bits per heavy atom. The third kappa shape index (κ3) is 2.52. The monoisotopic (exact) mass is 219 g/mol. The van der Waals surface area contributed by atoms with E-state index in [2.05, 4.69) is 28.2 Å². The molecule has 0 aromatic heterocycles. The van der Waals surface area contributed by atoms with Gasteiger partial charge >= 0.3 is 0 Å². The van der Waals surface area contributed by atoms with Gasteiger partial charge < -0.3 is 15.1 Å². The van der Waals surface area contributed by atoms with E-state index >= 15 is 0 Å². The number of piperazine rings is 1. The van der Waals surface area contributed by atoms with Gasteiger partial charge in [0.2, 0.25) is 6.41 Å². The Morgan fingerprint density at radius 2 is 2.00 bits per heavy atom. The fourth-order valence-corrected chi connectivity index (χ4v) is 1.93. The third-order valence-electron chi connectivity index (χ3n) is 2.94. The number of rotatable bonds is 3. The molecule has 1 saturated heterocycles. The molecule has 4 heteroatoms. The SMILES string of the molecule is CN1CCN(c2cccc(NC=O)c2)CC1. The Morgan fingerprint density at radius 3 is 2.69 bits per heavy atom. The first-order valence-electron chi connectivity index (χ1n) is 5.53. The van der Waals surface area contributed by atoms with Crippen molar-refractivity contribution in [2.45, 2.75) is 0 Å². The molecule has 1 amide bonds. The zero-order chi connectivity index (χ0) is 11.4. The second-order valence-electron chi connectivity index (χ2n) is 4.10.